The summed E-state index contributed by atoms with van der Waals surface area (Å²) in [5, 5.41) is 3.43. The van der Waals surface area contributed by atoms with Gasteiger partial charge < -0.3 is 0 Å². The molecular weight excluding hydrogens is 318 g/mol. The molecule has 0 saturated carbocycles. The van der Waals surface area contributed by atoms with E-state index in [4.69, 9.17) is 19.4 Å². The van der Waals surface area contributed by atoms with Crippen molar-refractivity contribution in [2.24, 2.45) is 0 Å². The molecule has 0 bridgehead atoms. The summed E-state index contributed by atoms with van der Waals surface area (Å²) < 4.78 is 0. The van der Waals surface area contributed by atoms with Crippen LogP contribution in [0.1, 0.15) is 0 Å². The molecule has 120 valence electrons. The van der Waals surface area contributed by atoms with E-state index >= 15 is 0 Å². The third kappa shape index (κ3) is 1.81. The Bertz CT molecular complexity index is 985. The number of quaternary nitrogens is 1. The van der Waals surface area contributed by atoms with Crippen LogP contribution >= 0.6 is 0 Å². The van der Waals surface area contributed by atoms with Crippen molar-refractivity contribution in [1.82, 2.24) is 0 Å². The van der Waals surface area contributed by atoms with Gasteiger partial charge >= 0.3 is 5.14 Å². The fraction of sp³-hybridized carbons (Fsp3) is 0. The Kier molecular flexibility index (Phi) is 2.24. The Morgan fingerprint density at radius 1 is 0.440 bits per heavy atom. The second-order valence-corrected chi connectivity index (χ2v) is 6.10. The number of rotatable bonds is 0. The molecule has 0 N–H and O–H groups in total. The van der Waals surface area contributed by atoms with Crippen molar-refractivity contribution in [2.45, 2.75) is 0 Å². The Morgan fingerprint density at radius 2 is 0.720 bits per heavy atom. The zero-order chi connectivity index (χ0) is 16.4. The Hall–Kier alpha value is -3.44. The molecule has 0 fully saturated rings. The molecule has 5 heteroatoms. The maximum absolute atomic E-state index is 5.84. The maximum atomic E-state index is 5.84. The van der Waals surface area contributed by atoms with Crippen LogP contribution in [-0.4, -0.2) is 5.14 Å². The highest BCUT2D eigenvalue weighted by molar-refractivity contribution is 5.87. The molecular formula is C20H12NO4+. The largest absolute Gasteiger partial charge is 0.429 e. The van der Waals surface area contributed by atoms with E-state index in [0.29, 0.717) is 23.0 Å². The van der Waals surface area contributed by atoms with Crippen molar-refractivity contribution in [3.63, 3.8) is 0 Å². The van der Waals surface area contributed by atoms with Crippen molar-refractivity contribution < 1.29 is 24.5 Å². The molecule has 6 rings (SSSR count). The lowest BCUT2D eigenvalue weighted by atomic mass is 10.1. The van der Waals surface area contributed by atoms with Crippen LogP contribution in [0.4, 0.5) is 0 Å². The summed E-state index contributed by atoms with van der Waals surface area (Å²) in [4.78, 5) is 23.4. The van der Waals surface area contributed by atoms with Gasteiger partial charge in [0.15, 0.2) is 0 Å². The first kappa shape index (κ1) is 12.9. The molecule has 2 aliphatic rings. The number of nitrogens with zero attached hydrogens (tertiary/aromatic N) is 1. The lowest BCUT2D eigenvalue weighted by molar-refractivity contribution is -1.40. The Morgan fingerprint density at radius 3 is 1.00 bits per heavy atom. The molecule has 0 radical (unpaired) electrons. The minimum atomic E-state index is -0.822. The molecule has 4 aromatic carbocycles. The molecule has 0 aliphatic carbocycles. The van der Waals surface area contributed by atoms with E-state index in [0.717, 1.165) is 21.5 Å². The lowest BCUT2D eigenvalue weighted by Crippen LogP contribution is -2.52. The van der Waals surface area contributed by atoms with Crippen LogP contribution in [0.5, 0.6) is 23.0 Å². The van der Waals surface area contributed by atoms with Gasteiger partial charge in [-0.25, -0.2) is 0 Å². The molecule has 0 saturated heterocycles. The summed E-state index contributed by atoms with van der Waals surface area (Å²) in [5.74, 6) is 2.32. The van der Waals surface area contributed by atoms with Gasteiger partial charge in [-0.15, -0.1) is 0 Å². The van der Waals surface area contributed by atoms with Crippen molar-refractivity contribution in [3.8, 4) is 23.0 Å². The van der Waals surface area contributed by atoms with Gasteiger partial charge in [-0.1, -0.05) is 48.5 Å². The van der Waals surface area contributed by atoms with Gasteiger partial charge in [0.25, 0.3) is 23.0 Å². The summed E-state index contributed by atoms with van der Waals surface area (Å²) in [6, 6.07) is 23.7. The highest BCUT2D eigenvalue weighted by atomic mass is 17.4. The van der Waals surface area contributed by atoms with Crippen molar-refractivity contribution in [2.75, 3.05) is 0 Å². The summed E-state index contributed by atoms with van der Waals surface area (Å²) in [5.41, 5.74) is 0. The van der Waals surface area contributed by atoms with E-state index in [9.17, 15) is 0 Å². The molecule has 0 unspecified atom stereocenters. The first-order chi connectivity index (χ1) is 12.3. The fourth-order valence-corrected chi connectivity index (χ4v) is 3.28. The van der Waals surface area contributed by atoms with Crippen molar-refractivity contribution >= 4 is 21.5 Å². The van der Waals surface area contributed by atoms with Crippen LogP contribution in [0.2, 0.25) is 0 Å². The highest BCUT2D eigenvalue weighted by Gasteiger charge is 2.57. The second kappa shape index (κ2) is 4.34. The van der Waals surface area contributed by atoms with Crippen LogP contribution in [-0.2, 0) is 0 Å². The molecule has 0 aromatic heterocycles. The highest BCUT2D eigenvalue weighted by Crippen LogP contribution is 2.47. The third-order valence-corrected chi connectivity index (χ3v) is 4.46. The van der Waals surface area contributed by atoms with Crippen LogP contribution < -0.4 is 19.4 Å². The van der Waals surface area contributed by atoms with Crippen molar-refractivity contribution in [3.05, 3.63) is 72.8 Å². The first-order valence-corrected chi connectivity index (χ1v) is 8.01. The van der Waals surface area contributed by atoms with E-state index in [-0.39, 0.29) is 0 Å². The maximum Gasteiger partial charge on any atom is 0.429 e. The molecule has 0 amide bonds. The summed E-state index contributed by atoms with van der Waals surface area (Å²) in [6.07, 6.45) is 0. The molecule has 25 heavy (non-hydrogen) atoms. The second-order valence-electron chi connectivity index (χ2n) is 6.10. The Labute approximate surface area is 142 Å². The summed E-state index contributed by atoms with van der Waals surface area (Å²) in [6.45, 7) is 0. The topological polar surface area (TPSA) is 36.9 Å². The van der Waals surface area contributed by atoms with Crippen LogP contribution in [0.15, 0.2) is 72.8 Å². The molecule has 5 nitrogen and oxygen atoms in total. The minimum Gasteiger partial charge on any atom is -0.177 e. The van der Waals surface area contributed by atoms with Gasteiger partial charge in [-0.3, -0.25) is 0 Å². The summed E-state index contributed by atoms with van der Waals surface area (Å²) >= 11 is 0. The normalized spacial score (nSPS) is 16.0. The van der Waals surface area contributed by atoms with Gasteiger partial charge in [-0.05, 0) is 21.5 Å². The monoisotopic (exact) mass is 330 g/mol. The predicted molar refractivity (Wildman–Crippen MR) is 90.7 cm³/mol. The number of benzene rings is 4. The van der Waals surface area contributed by atoms with Crippen LogP contribution in [0.25, 0.3) is 21.5 Å². The SMILES string of the molecule is c1ccc2cc3c(cc2c1)O[N+]1(O3)Oc2cc3ccccc3cc2O1. The average Bonchev–Trinajstić information content (AvgIpc) is 3.14. The van der Waals surface area contributed by atoms with E-state index in [1.807, 2.05) is 72.8 Å². The van der Waals surface area contributed by atoms with Crippen molar-refractivity contribution in [1.29, 1.82) is 0 Å². The average molecular weight is 330 g/mol. The molecule has 2 aliphatic heterocycles. The third-order valence-electron chi connectivity index (χ3n) is 4.46. The number of hydrogen-bond acceptors (Lipinski definition) is 4. The van der Waals surface area contributed by atoms with E-state index in [2.05, 4.69) is 0 Å². The number of fused-ring (bicyclic) bond motifs is 4. The smallest absolute Gasteiger partial charge is 0.177 e. The Balaban J connectivity index is 1.43. The van der Waals surface area contributed by atoms with Crippen LogP contribution in [0, 0.1) is 0 Å². The lowest BCUT2D eigenvalue weighted by Gasteiger charge is -2.11. The quantitative estimate of drug-likeness (QED) is 0.438. The molecule has 1 spiro atoms. The number of hydrogen-bond donors (Lipinski definition) is 0. The minimum absolute atomic E-state index is 0.580. The van der Waals surface area contributed by atoms with Crippen LogP contribution in [0.3, 0.4) is 0 Å². The van der Waals surface area contributed by atoms with Gasteiger partial charge in [-0.2, -0.15) is 19.4 Å². The van der Waals surface area contributed by atoms with E-state index in [1.165, 1.54) is 0 Å². The van der Waals surface area contributed by atoms with E-state index in [1.54, 1.807) is 0 Å². The zero-order valence-electron chi connectivity index (χ0n) is 13.0. The first-order valence-electron chi connectivity index (χ1n) is 8.01. The fourth-order valence-electron chi connectivity index (χ4n) is 3.28. The van der Waals surface area contributed by atoms with Gasteiger partial charge in [0, 0.05) is 24.3 Å². The summed E-state index contributed by atoms with van der Waals surface area (Å²) in [7, 11) is 0. The van der Waals surface area contributed by atoms with E-state index < -0.39 is 5.14 Å². The predicted octanol–water partition coefficient (Wildman–Crippen LogP) is 4.71. The molecule has 0 atom stereocenters. The standard InChI is InChI=1S/C20H12NO4/c1-2-6-14-10-18-17(9-13(14)5-1)22-21(23-18)24-19-11-15-7-3-4-8-16(15)12-20(19)25-21/h1-12H/q+1. The molecule has 2 heterocycles. The molecule has 4 aromatic rings. The van der Waals surface area contributed by atoms with Gasteiger partial charge in [0.1, 0.15) is 0 Å². The van der Waals surface area contributed by atoms with Gasteiger partial charge in [0.05, 0.1) is 0 Å². The zero-order valence-corrected chi connectivity index (χ0v) is 13.0. The van der Waals surface area contributed by atoms with Gasteiger partial charge in [0.2, 0.25) is 0 Å².